The molecule has 0 saturated heterocycles. The third kappa shape index (κ3) is 3.24. The number of carbonyl (C=O) groups is 1. The van der Waals surface area contributed by atoms with Gasteiger partial charge >= 0.3 is 5.97 Å². The first-order chi connectivity index (χ1) is 9.72. The minimum atomic E-state index is -3.42. The molecule has 21 heavy (non-hydrogen) atoms. The summed E-state index contributed by atoms with van der Waals surface area (Å²) in [5.74, 6) is -1.78. The van der Waals surface area contributed by atoms with Gasteiger partial charge in [-0.05, 0) is 36.1 Å². The average Bonchev–Trinajstić information content (AvgIpc) is 2.36. The van der Waals surface area contributed by atoms with Crippen molar-refractivity contribution in [2.45, 2.75) is 37.2 Å². The number of rotatable bonds is 4. The van der Waals surface area contributed by atoms with Crippen molar-refractivity contribution in [3.63, 3.8) is 0 Å². The number of aliphatic carboxylic acids is 1. The van der Waals surface area contributed by atoms with Gasteiger partial charge in [-0.3, -0.25) is 10.1 Å². The molecule has 7 heteroatoms. The Labute approximate surface area is 123 Å². The van der Waals surface area contributed by atoms with Crippen molar-refractivity contribution in [3.05, 3.63) is 29.6 Å². The van der Waals surface area contributed by atoms with E-state index < -0.39 is 33.7 Å². The van der Waals surface area contributed by atoms with Gasteiger partial charge in [-0.2, -0.15) is 0 Å². The quantitative estimate of drug-likeness (QED) is 0.827. The molecule has 0 bridgehead atoms. The molecule has 1 aliphatic rings. The highest BCUT2D eigenvalue weighted by Gasteiger charge is 2.33. The summed E-state index contributed by atoms with van der Waals surface area (Å²) in [5.41, 5.74) is 0.313. The highest BCUT2D eigenvalue weighted by Crippen LogP contribution is 2.33. The summed E-state index contributed by atoms with van der Waals surface area (Å²) in [6.45, 7) is 3.52. The first-order valence-corrected chi connectivity index (χ1v) is 8.38. The van der Waals surface area contributed by atoms with Crippen molar-refractivity contribution < 1.29 is 22.7 Å². The van der Waals surface area contributed by atoms with Crippen LogP contribution >= 0.6 is 0 Å². The van der Waals surface area contributed by atoms with Crippen LogP contribution in [0.25, 0.3) is 0 Å². The topological polar surface area (TPSA) is 83.5 Å². The Morgan fingerprint density at radius 3 is 2.67 bits per heavy atom. The fourth-order valence-electron chi connectivity index (χ4n) is 2.55. The van der Waals surface area contributed by atoms with Gasteiger partial charge in [0.25, 0.3) is 0 Å². The molecule has 0 saturated carbocycles. The number of hydrogen-bond donors (Lipinski definition) is 2. The lowest BCUT2D eigenvalue weighted by atomic mass is 9.98. The highest BCUT2D eigenvalue weighted by atomic mass is 32.2. The van der Waals surface area contributed by atoms with Crippen LogP contribution in [0.15, 0.2) is 23.1 Å². The van der Waals surface area contributed by atoms with Crippen LogP contribution in [0.3, 0.4) is 0 Å². The summed E-state index contributed by atoms with van der Waals surface area (Å²) in [6, 6.07) is 2.23. The van der Waals surface area contributed by atoms with Gasteiger partial charge in [0.1, 0.15) is 11.9 Å². The second-order valence-corrected chi connectivity index (χ2v) is 7.65. The molecule has 1 aromatic rings. The minimum absolute atomic E-state index is 0.0757. The Balaban J connectivity index is 2.40. The van der Waals surface area contributed by atoms with Crippen molar-refractivity contribution in [1.82, 2.24) is 5.32 Å². The molecule has 2 rings (SSSR count). The first-order valence-electron chi connectivity index (χ1n) is 6.73. The van der Waals surface area contributed by atoms with E-state index in [2.05, 4.69) is 5.32 Å². The largest absolute Gasteiger partial charge is 0.480 e. The van der Waals surface area contributed by atoms with Crippen LogP contribution in [-0.2, 0) is 14.6 Å². The SMILES string of the molecule is CC(C)C(NC1CCS(=O)(=O)c2ccc(F)cc21)C(=O)O. The van der Waals surface area contributed by atoms with E-state index >= 15 is 0 Å². The lowest BCUT2D eigenvalue weighted by molar-refractivity contribution is -0.140. The van der Waals surface area contributed by atoms with E-state index in [1.165, 1.54) is 12.1 Å². The van der Waals surface area contributed by atoms with Gasteiger partial charge in [0.15, 0.2) is 9.84 Å². The van der Waals surface area contributed by atoms with Crippen molar-refractivity contribution in [3.8, 4) is 0 Å². The normalized spacial score (nSPS) is 21.8. The molecule has 2 N–H and O–H groups in total. The van der Waals surface area contributed by atoms with Gasteiger partial charge in [0.2, 0.25) is 0 Å². The van der Waals surface area contributed by atoms with E-state index in [0.717, 1.165) is 6.07 Å². The van der Waals surface area contributed by atoms with Gasteiger partial charge in [-0.25, -0.2) is 12.8 Å². The number of carboxylic acid groups (broad SMARTS) is 1. The maximum atomic E-state index is 13.4. The molecule has 0 spiro atoms. The molecule has 2 atom stereocenters. The molecule has 2 unspecified atom stereocenters. The monoisotopic (exact) mass is 315 g/mol. The number of sulfone groups is 1. The van der Waals surface area contributed by atoms with Crippen molar-refractivity contribution in [2.24, 2.45) is 5.92 Å². The van der Waals surface area contributed by atoms with Crippen LogP contribution in [0, 0.1) is 11.7 Å². The van der Waals surface area contributed by atoms with Crippen LogP contribution in [-0.4, -0.2) is 31.3 Å². The number of nitrogens with one attached hydrogen (secondary N) is 1. The van der Waals surface area contributed by atoms with Gasteiger partial charge in [-0.15, -0.1) is 0 Å². The summed E-state index contributed by atoms with van der Waals surface area (Å²) >= 11 is 0. The molecular weight excluding hydrogens is 297 g/mol. The molecular formula is C14H18FNO4S. The van der Waals surface area contributed by atoms with Crippen LogP contribution < -0.4 is 5.32 Å². The molecule has 0 aliphatic carbocycles. The van der Waals surface area contributed by atoms with E-state index in [0.29, 0.717) is 5.56 Å². The van der Waals surface area contributed by atoms with Gasteiger partial charge in [0.05, 0.1) is 10.6 Å². The fraction of sp³-hybridized carbons (Fsp3) is 0.500. The molecule has 5 nitrogen and oxygen atoms in total. The Bertz CT molecular complexity index is 657. The predicted molar refractivity (Wildman–Crippen MR) is 75.2 cm³/mol. The maximum Gasteiger partial charge on any atom is 0.320 e. The zero-order valence-corrected chi connectivity index (χ0v) is 12.7. The summed E-state index contributed by atoms with van der Waals surface area (Å²) in [6.07, 6.45) is 0.231. The second kappa shape index (κ2) is 5.73. The molecule has 0 fully saturated rings. The average molecular weight is 315 g/mol. The Hall–Kier alpha value is -1.47. The van der Waals surface area contributed by atoms with E-state index in [4.69, 9.17) is 0 Å². The number of hydrogen-bond acceptors (Lipinski definition) is 4. The maximum absolute atomic E-state index is 13.4. The molecule has 0 amide bonds. The van der Waals surface area contributed by atoms with E-state index in [-0.39, 0.29) is 23.0 Å². The number of fused-ring (bicyclic) bond motifs is 1. The van der Waals surface area contributed by atoms with Gasteiger partial charge < -0.3 is 5.11 Å². The minimum Gasteiger partial charge on any atom is -0.480 e. The van der Waals surface area contributed by atoms with Gasteiger partial charge in [0, 0.05) is 6.04 Å². The standard InChI is InChI=1S/C14H18FNO4S/c1-8(2)13(14(17)18)16-11-5-6-21(19,20)12-4-3-9(15)7-10(11)12/h3-4,7-8,11,13,16H,5-6H2,1-2H3,(H,17,18). The Kier molecular flexibility index (Phi) is 4.34. The van der Waals surface area contributed by atoms with Crippen LogP contribution in [0.5, 0.6) is 0 Å². The second-order valence-electron chi connectivity index (χ2n) is 5.57. The molecule has 1 heterocycles. The summed E-state index contributed by atoms with van der Waals surface area (Å²) in [5, 5.41) is 12.2. The lowest BCUT2D eigenvalue weighted by Crippen LogP contribution is -2.44. The van der Waals surface area contributed by atoms with E-state index in [9.17, 15) is 22.7 Å². The van der Waals surface area contributed by atoms with E-state index in [1.807, 2.05) is 0 Å². The Morgan fingerprint density at radius 1 is 1.43 bits per heavy atom. The first kappa shape index (κ1) is 15.9. The van der Waals surface area contributed by atoms with Crippen molar-refractivity contribution in [1.29, 1.82) is 0 Å². The lowest BCUT2D eigenvalue weighted by Gasteiger charge is -2.30. The van der Waals surface area contributed by atoms with E-state index in [1.54, 1.807) is 13.8 Å². The number of benzene rings is 1. The summed E-state index contributed by atoms with van der Waals surface area (Å²) in [7, 11) is -3.42. The third-order valence-electron chi connectivity index (χ3n) is 3.67. The van der Waals surface area contributed by atoms with Crippen molar-refractivity contribution in [2.75, 3.05) is 5.75 Å². The highest BCUT2D eigenvalue weighted by molar-refractivity contribution is 7.91. The third-order valence-corrected chi connectivity index (χ3v) is 5.49. The molecule has 0 aromatic heterocycles. The number of halogens is 1. The van der Waals surface area contributed by atoms with Crippen LogP contribution in [0.4, 0.5) is 4.39 Å². The predicted octanol–water partition coefficient (Wildman–Crippen LogP) is 1.74. The van der Waals surface area contributed by atoms with Gasteiger partial charge in [-0.1, -0.05) is 13.8 Å². The number of carboxylic acids is 1. The Morgan fingerprint density at radius 2 is 2.10 bits per heavy atom. The summed E-state index contributed by atoms with van der Waals surface area (Å²) in [4.78, 5) is 11.3. The molecule has 116 valence electrons. The zero-order valence-electron chi connectivity index (χ0n) is 11.8. The molecule has 0 radical (unpaired) electrons. The smallest absolute Gasteiger partial charge is 0.320 e. The van der Waals surface area contributed by atoms with Crippen molar-refractivity contribution >= 4 is 15.8 Å². The zero-order chi connectivity index (χ0) is 15.8. The summed E-state index contributed by atoms with van der Waals surface area (Å²) < 4.78 is 37.5. The van der Waals surface area contributed by atoms with Crippen LogP contribution in [0.2, 0.25) is 0 Å². The molecule has 1 aliphatic heterocycles. The van der Waals surface area contributed by atoms with Crippen LogP contribution in [0.1, 0.15) is 31.9 Å². The fourth-order valence-corrected chi connectivity index (χ4v) is 4.15. The molecule has 1 aromatic carbocycles.